The van der Waals surface area contributed by atoms with Gasteiger partial charge in [0.15, 0.2) is 5.82 Å². The minimum atomic E-state index is 0.387. The van der Waals surface area contributed by atoms with E-state index in [1.165, 1.54) is 41.6 Å². The minimum absolute atomic E-state index is 0.387. The molecule has 1 spiro atoms. The first kappa shape index (κ1) is 19.8. The number of piperidine rings is 1. The smallest absolute Gasteiger partial charge is 0.158 e. The fourth-order valence-corrected chi connectivity index (χ4v) is 6.91. The second kappa shape index (κ2) is 7.60. The van der Waals surface area contributed by atoms with Crippen LogP contribution in [0.5, 0.6) is 0 Å². The van der Waals surface area contributed by atoms with Gasteiger partial charge in [-0.15, -0.1) is 11.3 Å². The summed E-state index contributed by atoms with van der Waals surface area (Å²) in [6.07, 6.45) is 10.6. The van der Waals surface area contributed by atoms with E-state index in [9.17, 15) is 0 Å². The first-order valence-corrected chi connectivity index (χ1v) is 12.8. The molecule has 6 rings (SSSR count). The normalized spacial score (nSPS) is 19.7. The Hall–Kier alpha value is -1.90. The van der Waals surface area contributed by atoms with Gasteiger partial charge in [0, 0.05) is 35.0 Å². The zero-order valence-electron chi connectivity index (χ0n) is 17.1. The van der Waals surface area contributed by atoms with Crippen molar-refractivity contribution in [3.63, 3.8) is 0 Å². The Labute approximate surface area is 194 Å². The van der Waals surface area contributed by atoms with E-state index >= 15 is 0 Å². The predicted octanol–water partition coefficient (Wildman–Crippen LogP) is 4.98. The average molecular weight is 471 g/mol. The van der Waals surface area contributed by atoms with Gasteiger partial charge in [-0.2, -0.15) is 0 Å². The first-order valence-electron chi connectivity index (χ1n) is 10.7. The molecule has 0 radical (unpaired) electrons. The van der Waals surface area contributed by atoms with Gasteiger partial charge in [-0.05, 0) is 50.0 Å². The fraction of sp³-hybridized carbons (Fsp3) is 0.455. The number of nitrogens with two attached hydrogens (primary N) is 1. The van der Waals surface area contributed by atoms with E-state index in [1.54, 1.807) is 0 Å². The van der Waals surface area contributed by atoms with E-state index in [-0.39, 0.29) is 0 Å². The monoisotopic (exact) mass is 470 g/mol. The van der Waals surface area contributed by atoms with Crippen LogP contribution in [-0.2, 0) is 12.8 Å². The maximum absolute atomic E-state index is 6.60. The molecule has 0 amide bonds. The summed E-state index contributed by atoms with van der Waals surface area (Å²) in [7, 11) is 0. The molecule has 2 aliphatic carbocycles. The molecule has 2 fully saturated rings. The molecule has 0 unspecified atom stereocenters. The summed E-state index contributed by atoms with van der Waals surface area (Å²) in [6.45, 7) is 1.97. The Morgan fingerprint density at radius 1 is 1.16 bits per heavy atom. The van der Waals surface area contributed by atoms with Crippen molar-refractivity contribution in [2.45, 2.75) is 54.4 Å². The van der Waals surface area contributed by atoms with Crippen LogP contribution in [0.25, 0.3) is 0 Å². The molecule has 1 saturated carbocycles. The molecular weight excluding hydrogens is 448 g/mol. The Morgan fingerprint density at radius 2 is 2.00 bits per heavy atom. The molecule has 2 N–H and O–H groups in total. The van der Waals surface area contributed by atoms with Gasteiger partial charge in [0.2, 0.25) is 0 Å². The van der Waals surface area contributed by atoms with Crippen molar-refractivity contribution in [3.8, 4) is 0 Å². The van der Waals surface area contributed by atoms with Crippen molar-refractivity contribution in [3.05, 3.63) is 45.3 Å². The van der Waals surface area contributed by atoms with Gasteiger partial charge in [0.1, 0.15) is 10.8 Å². The Morgan fingerprint density at radius 3 is 2.74 bits per heavy atom. The molecule has 0 aromatic carbocycles. The third kappa shape index (κ3) is 3.68. The maximum atomic E-state index is 6.60. The Kier molecular flexibility index (Phi) is 4.85. The van der Waals surface area contributed by atoms with Gasteiger partial charge >= 0.3 is 0 Å². The number of hydrogen-bond donors (Lipinski definition) is 1. The fourth-order valence-electron chi connectivity index (χ4n) is 4.78. The Balaban J connectivity index is 1.15. The van der Waals surface area contributed by atoms with Gasteiger partial charge in [-0.25, -0.2) is 15.0 Å². The van der Waals surface area contributed by atoms with Gasteiger partial charge in [0.25, 0.3) is 0 Å². The molecule has 3 aromatic heterocycles. The van der Waals surface area contributed by atoms with Crippen LogP contribution in [0.4, 0.5) is 11.6 Å². The highest BCUT2D eigenvalue weighted by Crippen LogP contribution is 2.47. The second-order valence-electron chi connectivity index (χ2n) is 8.87. The number of thiazole rings is 1. The largest absolute Gasteiger partial charge is 0.381 e. The van der Waals surface area contributed by atoms with Crippen molar-refractivity contribution < 1.29 is 0 Å². The summed E-state index contributed by atoms with van der Waals surface area (Å²) in [6, 6.07) is 1.92. The van der Waals surface area contributed by atoms with E-state index < -0.39 is 0 Å². The molecule has 3 aromatic rings. The second-order valence-corrected chi connectivity index (χ2v) is 11.2. The molecule has 1 aliphatic heterocycles. The van der Waals surface area contributed by atoms with Gasteiger partial charge in [-0.1, -0.05) is 23.4 Å². The molecule has 4 heterocycles. The number of aromatic nitrogens is 4. The Bertz CT molecular complexity index is 1110. The number of halogens is 1. The lowest BCUT2D eigenvalue weighted by molar-refractivity contribution is 0.231. The van der Waals surface area contributed by atoms with E-state index in [2.05, 4.69) is 24.8 Å². The molecule has 160 valence electrons. The zero-order valence-corrected chi connectivity index (χ0v) is 19.4. The number of pyridine rings is 1. The van der Waals surface area contributed by atoms with Gasteiger partial charge < -0.3 is 10.6 Å². The summed E-state index contributed by atoms with van der Waals surface area (Å²) < 4.78 is 0. The molecule has 0 atom stereocenters. The van der Waals surface area contributed by atoms with Gasteiger partial charge in [-0.3, -0.25) is 4.98 Å². The lowest BCUT2D eigenvalue weighted by Gasteiger charge is -2.39. The summed E-state index contributed by atoms with van der Waals surface area (Å²) >= 11 is 9.88. The third-order valence-electron chi connectivity index (χ3n) is 6.75. The van der Waals surface area contributed by atoms with Crippen LogP contribution in [-0.4, -0.2) is 33.0 Å². The van der Waals surface area contributed by atoms with Crippen LogP contribution >= 0.6 is 34.7 Å². The molecule has 31 heavy (non-hydrogen) atoms. The summed E-state index contributed by atoms with van der Waals surface area (Å²) in [5, 5.41) is 1.42. The lowest BCUT2D eigenvalue weighted by Crippen LogP contribution is -2.41. The average Bonchev–Trinajstić information content (AvgIpc) is 3.44. The van der Waals surface area contributed by atoms with Gasteiger partial charge in [0.05, 0.1) is 28.1 Å². The number of nitrogen functional groups attached to an aromatic ring is 1. The number of nitrogens with zero attached hydrogens (tertiary/aromatic N) is 5. The predicted molar refractivity (Wildman–Crippen MR) is 125 cm³/mol. The third-order valence-corrected chi connectivity index (χ3v) is 9.21. The molecule has 6 nitrogen and oxygen atoms in total. The summed E-state index contributed by atoms with van der Waals surface area (Å²) in [5.74, 6) is 1.82. The van der Waals surface area contributed by atoms with E-state index in [0.717, 1.165) is 53.8 Å². The van der Waals surface area contributed by atoms with E-state index in [0.29, 0.717) is 22.2 Å². The van der Waals surface area contributed by atoms with Crippen LogP contribution in [0.15, 0.2) is 33.9 Å². The minimum Gasteiger partial charge on any atom is -0.381 e. The van der Waals surface area contributed by atoms with Crippen molar-refractivity contribution in [1.29, 1.82) is 0 Å². The van der Waals surface area contributed by atoms with Crippen LogP contribution in [0.2, 0.25) is 5.02 Å². The SMILES string of the molecule is Nc1nc(N2CCC3(CC2)Cc2ncsc2C3)cnc1Sc1ccnc(C2CC2)c1Cl. The lowest BCUT2D eigenvalue weighted by atomic mass is 9.76. The number of fused-ring (bicyclic) bond motifs is 1. The highest BCUT2D eigenvalue weighted by Gasteiger charge is 2.41. The number of hydrogen-bond acceptors (Lipinski definition) is 8. The van der Waals surface area contributed by atoms with Crippen molar-refractivity contribution in [1.82, 2.24) is 19.9 Å². The van der Waals surface area contributed by atoms with E-state index in [4.69, 9.17) is 17.3 Å². The van der Waals surface area contributed by atoms with Crippen molar-refractivity contribution >= 4 is 46.3 Å². The molecule has 1 saturated heterocycles. The van der Waals surface area contributed by atoms with Crippen LogP contribution in [0.1, 0.15) is 47.9 Å². The standard InChI is InChI=1S/C22H23ClN6S2/c23-18-15(3-6-25-19(18)13-1-2-13)31-21-20(24)28-17(11-26-21)29-7-4-22(5-8-29)9-14-16(10-22)30-12-27-14/h3,6,11-13H,1-2,4-5,7-10H2,(H2,24,28). The van der Waals surface area contributed by atoms with Crippen molar-refractivity contribution in [2.24, 2.45) is 5.41 Å². The quantitative estimate of drug-likeness (QED) is 0.575. The topological polar surface area (TPSA) is 80.8 Å². The van der Waals surface area contributed by atoms with Crippen LogP contribution in [0.3, 0.4) is 0 Å². The van der Waals surface area contributed by atoms with Crippen molar-refractivity contribution in [2.75, 3.05) is 23.7 Å². The number of anilines is 2. The molecule has 3 aliphatic rings. The van der Waals surface area contributed by atoms with E-state index in [1.807, 2.05) is 35.3 Å². The summed E-state index contributed by atoms with van der Waals surface area (Å²) in [4.78, 5) is 23.1. The zero-order chi connectivity index (χ0) is 21.0. The highest BCUT2D eigenvalue weighted by molar-refractivity contribution is 7.99. The molecular formula is C22H23ClN6S2. The number of rotatable bonds is 4. The maximum Gasteiger partial charge on any atom is 0.158 e. The first-order chi connectivity index (χ1) is 15.1. The molecule has 9 heteroatoms. The summed E-state index contributed by atoms with van der Waals surface area (Å²) in [5.41, 5.74) is 11.0. The van der Waals surface area contributed by atoms with Crippen LogP contribution < -0.4 is 10.6 Å². The van der Waals surface area contributed by atoms with Crippen LogP contribution in [0, 0.1) is 5.41 Å². The molecule has 0 bridgehead atoms. The highest BCUT2D eigenvalue weighted by atomic mass is 35.5.